The molecule has 5 nitrogen and oxygen atoms in total. The van der Waals surface area contributed by atoms with Crippen LogP contribution in [0.5, 0.6) is 0 Å². The van der Waals surface area contributed by atoms with Gasteiger partial charge in [0.15, 0.2) is 5.96 Å². The molecule has 2 atom stereocenters. The second-order valence-electron chi connectivity index (χ2n) is 7.06. The molecule has 0 bridgehead atoms. The molecule has 1 aromatic rings. The van der Waals surface area contributed by atoms with Gasteiger partial charge < -0.3 is 15.4 Å². The van der Waals surface area contributed by atoms with E-state index < -0.39 is 0 Å². The molecule has 1 aliphatic rings. The van der Waals surface area contributed by atoms with Crippen LogP contribution in [0.1, 0.15) is 42.8 Å². The number of aryl methyl sites for hydroxylation is 2. The molecule has 0 saturated heterocycles. The Morgan fingerprint density at radius 1 is 1.39 bits per heavy atom. The van der Waals surface area contributed by atoms with Crippen LogP contribution in [0.4, 0.5) is 0 Å². The first kappa shape index (κ1) is 18.2. The third-order valence-corrected chi connectivity index (χ3v) is 6.65. The highest BCUT2D eigenvalue weighted by Gasteiger charge is 2.58. The minimum atomic E-state index is -0.0700. The van der Waals surface area contributed by atoms with Crippen LogP contribution in [0.2, 0.25) is 0 Å². The van der Waals surface area contributed by atoms with Gasteiger partial charge in [-0.25, -0.2) is 4.98 Å². The lowest BCUT2D eigenvalue weighted by Gasteiger charge is -2.59. The summed E-state index contributed by atoms with van der Waals surface area (Å²) in [6, 6.07) is 0.364. The highest BCUT2D eigenvalue weighted by atomic mass is 32.1. The average Bonchev–Trinajstić information content (AvgIpc) is 2.83. The van der Waals surface area contributed by atoms with Gasteiger partial charge in [-0.1, -0.05) is 13.8 Å². The number of hydrogen-bond acceptors (Lipinski definition) is 4. The minimum absolute atomic E-state index is 0.0700. The molecule has 0 aromatic carbocycles. The lowest BCUT2D eigenvalue weighted by molar-refractivity contribution is -0.176. The maximum absolute atomic E-state index is 5.68. The molecule has 2 unspecified atom stereocenters. The van der Waals surface area contributed by atoms with Gasteiger partial charge in [-0.2, -0.15) is 0 Å². The van der Waals surface area contributed by atoms with Gasteiger partial charge in [0.05, 0.1) is 16.3 Å². The molecule has 0 radical (unpaired) electrons. The summed E-state index contributed by atoms with van der Waals surface area (Å²) in [6.45, 7) is 11.7. The van der Waals surface area contributed by atoms with Crippen LogP contribution in [0, 0.1) is 19.3 Å². The van der Waals surface area contributed by atoms with E-state index in [4.69, 9.17) is 4.74 Å². The van der Waals surface area contributed by atoms with Crippen molar-refractivity contribution >= 4 is 17.3 Å². The van der Waals surface area contributed by atoms with Crippen molar-refractivity contribution < 1.29 is 4.74 Å². The minimum Gasteiger partial charge on any atom is -0.378 e. The van der Waals surface area contributed by atoms with E-state index >= 15 is 0 Å². The SMILES string of the molecule is CN=C(NCCc1nc(C)c(C)s1)NC1CC(C)(OC)C1(C)C. The average molecular weight is 339 g/mol. The number of guanidine groups is 1. The number of methoxy groups -OCH3 is 1. The van der Waals surface area contributed by atoms with Crippen LogP contribution in [-0.4, -0.2) is 43.3 Å². The molecular formula is C17H30N4OS. The Morgan fingerprint density at radius 3 is 2.57 bits per heavy atom. The predicted molar refractivity (Wildman–Crippen MR) is 97.4 cm³/mol. The lowest BCUT2D eigenvalue weighted by atomic mass is 9.56. The highest BCUT2D eigenvalue weighted by molar-refractivity contribution is 7.11. The van der Waals surface area contributed by atoms with Crippen molar-refractivity contribution in [3.8, 4) is 0 Å². The maximum Gasteiger partial charge on any atom is 0.191 e. The first-order chi connectivity index (χ1) is 10.7. The monoisotopic (exact) mass is 338 g/mol. The van der Waals surface area contributed by atoms with E-state index in [1.807, 2.05) is 7.05 Å². The molecule has 1 fully saturated rings. The number of thiazole rings is 1. The Labute approximate surface area is 144 Å². The largest absolute Gasteiger partial charge is 0.378 e. The Kier molecular flexibility index (Phi) is 5.36. The van der Waals surface area contributed by atoms with Gasteiger partial charge in [-0.05, 0) is 27.2 Å². The van der Waals surface area contributed by atoms with Gasteiger partial charge in [0.25, 0.3) is 0 Å². The van der Waals surface area contributed by atoms with E-state index in [9.17, 15) is 0 Å². The highest BCUT2D eigenvalue weighted by Crippen LogP contribution is 2.51. The van der Waals surface area contributed by atoms with E-state index in [2.05, 4.69) is 55.2 Å². The molecule has 0 spiro atoms. The molecule has 0 aliphatic heterocycles. The van der Waals surface area contributed by atoms with E-state index in [1.165, 1.54) is 9.88 Å². The van der Waals surface area contributed by atoms with Crippen molar-refractivity contribution in [2.75, 3.05) is 20.7 Å². The summed E-state index contributed by atoms with van der Waals surface area (Å²) in [5.74, 6) is 0.853. The van der Waals surface area contributed by atoms with Gasteiger partial charge in [0.1, 0.15) is 0 Å². The van der Waals surface area contributed by atoms with Crippen LogP contribution >= 0.6 is 11.3 Å². The number of aliphatic imine (C=N–C) groups is 1. The smallest absolute Gasteiger partial charge is 0.191 e. The zero-order valence-corrected chi connectivity index (χ0v) is 16.2. The number of nitrogens with zero attached hydrogens (tertiary/aromatic N) is 2. The number of aromatic nitrogens is 1. The van der Waals surface area contributed by atoms with Gasteiger partial charge >= 0.3 is 0 Å². The number of rotatable bonds is 5. The van der Waals surface area contributed by atoms with Crippen molar-refractivity contribution in [2.24, 2.45) is 10.4 Å². The number of ether oxygens (including phenoxy) is 1. The van der Waals surface area contributed by atoms with Gasteiger partial charge in [0.2, 0.25) is 0 Å². The predicted octanol–water partition coefficient (Wildman–Crippen LogP) is 2.67. The topological polar surface area (TPSA) is 58.5 Å². The summed E-state index contributed by atoms with van der Waals surface area (Å²) in [5.41, 5.74) is 1.14. The molecule has 1 heterocycles. The van der Waals surface area contributed by atoms with Crippen molar-refractivity contribution in [1.82, 2.24) is 15.6 Å². The first-order valence-electron chi connectivity index (χ1n) is 8.18. The van der Waals surface area contributed by atoms with Crippen LogP contribution in [0.15, 0.2) is 4.99 Å². The van der Waals surface area contributed by atoms with Gasteiger partial charge in [-0.15, -0.1) is 11.3 Å². The van der Waals surface area contributed by atoms with Crippen molar-refractivity contribution in [1.29, 1.82) is 0 Å². The quantitative estimate of drug-likeness (QED) is 0.640. The lowest BCUT2D eigenvalue weighted by Crippen LogP contribution is -2.69. The van der Waals surface area contributed by atoms with Gasteiger partial charge in [-0.3, -0.25) is 4.99 Å². The summed E-state index contributed by atoms with van der Waals surface area (Å²) in [5, 5.41) is 8.10. The fourth-order valence-corrected chi connectivity index (χ4v) is 3.95. The molecule has 23 heavy (non-hydrogen) atoms. The molecular weight excluding hydrogens is 308 g/mol. The molecule has 0 amide bonds. The van der Waals surface area contributed by atoms with Crippen LogP contribution < -0.4 is 10.6 Å². The Hall–Kier alpha value is -1.14. The first-order valence-corrected chi connectivity index (χ1v) is 9.00. The normalized spacial score (nSPS) is 26.7. The standard InChI is InChI=1S/C17H30N4OS/c1-11-12(2)23-14(20-11)8-9-19-15(18-6)21-13-10-17(5,22-7)16(13,3)4/h13H,8-10H2,1-7H3,(H2,18,19,21). The zero-order valence-electron chi connectivity index (χ0n) is 15.4. The third kappa shape index (κ3) is 3.53. The summed E-state index contributed by atoms with van der Waals surface area (Å²) < 4.78 is 5.68. The second-order valence-corrected chi connectivity index (χ2v) is 8.34. The van der Waals surface area contributed by atoms with E-state index in [-0.39, 0.29) is 11.0 Å². The molecule has 2 N–H and O–H groups in total. The summed E-state index contributed by atoms with van der Waals surface area (Å²) >= 11 is 1.78. The zero-order chi connectivity index (χ0) is 17.3. The molecule has 1 aliphatic carbocycles. The van der Waals surface area contributed by atoms with Gasteiger partial charge in [0, 0.05) is 43.5 Å². The molecule has 2 rings (SSSR count). The fraction of sp³-hybridized carbons (Fsp3) is 0.765. The molecule has 6 heteroatoms. The summed E-state index contributed by atoms with van der Waals surface area (Å²) in [7, 11) is 3.61. The van der Waals surface area contributed by atoms with Crippen molar-refractivity contribution in [2.45, 2.75) is 59.1 Å². The van der Waals surface area contributed by atoms with Crippen molar-refractivity contribution in [3.63, 3.8) is 0 Å². The van der Waals surface area contributed by atoms with Crippen molar-refractivity contribution in [3.05, 3.63) is 15.6 Å². The van der Waals surface area contributed by atoms with E-state index in [0.29, 0.717) is 6.04 Å². The molecule has 1 aromatic heterocycles. The Balaban J connectivity index is 1.83. The van der Waals surface area contributed by atoms with Crippen LogP contribution in [0.3, 0.4) is 0 Å². The van der Waals surface area contributed by atoms with Crippen LogP contribution in [-0.2, 0) is 11.2 Å². The molecule has 1 saturated carbocycles. The van der Waals surface area contributed by atoms with E-state index in [1.54, 1.807) is 18.4 Å². The second kappa shape index (κ2) is 6.77. The Bertz CT molecular complexity index is 562. The number of hydrogen-bond donors (Lipinski definition) is 2. The molecule has 130 valence electrons. The van der Waals surface area contributed by atoms with Crippen LogP contribution in [0.25, 0.3) is 0 Å². The third-order valence-electron chi connectivity index (χ3n) is 5.52. The number of nitrogens with one attached hydrogen (secondary N) is 2. The fourth-order valence-electron chi connectivity index (χ4n) is 3.02. The Morgan fingerprint density at radius 2 is 2.09 bits per heavy atom. The maximum atomic E-state index is 5.68. The van der Waals surface area contributed by atoms with E-state index in [0.717, 1.165) is 31.0 Å². The summed E-state index contributed by atoms with van der Waals surface area (Å²) in [6.07, 6.45) is 1.91. The summed E-state index contributed by atoms with van der Waals surface area (Å²) in [4.78, 5) is 10.2.